The fourth-order valence-corrected chi connectivity index (χ4v) is 11.0. The van der Waals surface area contributed by atoms with Crippen molar-refractivity contribution in [1.29, 1.82) is 0 Å². The van der Waals surface area contributed by atoms with Gasteiger partial charge in [0.1, 0.15) is 0 Å². The number of nitrogens with zero attached hydrogens (tertiary/aromatic N) is 1. The molecule has 0 fully saturated rings. The topological polar surface area (TPSA) is 3.24 Å². The van der Waals surface area contributed by atoms with Crippen molar-refractivity contribution in [3.63, 3.8) is 0 Å². The summed E-state index contributed by atoms with van der Waals surface area (Å²) in [7, 11) is 0. The molecule has 0 spiro atoms. The SMILES string of the molecule is CC1(C)c2cc(-c3cccc4ccccc34)ccc2-c2ccc(N(c3cccc(-c4ccccc4)c3)c3ccc4c(c3)C(c3ccccc3)(c3ccccc3)c3ccccc3-4)cc21. The zero-order valence-corrected chi connectivity index (χ0v) is 35.5. The summed E-state index contributed by atoms with van der Waals surface area (Å²) in [6.45, 7) is 4.80. The van der Waals surface area contributed by atoms with E-state index in [4.69, 9.17) is 0 Å². The third-order valence-electron chi connectivity index (χ3n) is 13.9. The largest absolute Gasteiger partial charge is 0.310 e. The van der Waals surface area contributed by atoms with Gasteiger partial charge < -0.3 is 4.90 Å². The van der Waals surface area contributed by atoms with Gasteiger partial charge in [0.05, 0.1) is 5.41 Å². The van der Waals surface area contributed by atoms with E-state index >= 15 is 0 Å². The molecule has 0 radical (unpaired) electrons. The maximum absolute atomic E-state index is 2.48. The van der Waals surface area contributed by atoms with E-state index < -0.39 is 5.41 Å². The molecule has 0 aliphatic heterocycles. The van der Waals surface area contributed by atoms with Crippen molar-refractivity contribution < 1.29 is 0 Å². The molecule has 0 bridgehead atoms. The van der Waals surface area contributed by atoms with Gasteiger partial charge in [0.15, 0.2) is 0 Å². The highest BCUT2D eigenvalue weighted by atomic mass is 15.1. The molecule has 0 saturated carbocycles. The van der Waals surface area contributed by atoms with Gasteiger partial charge in [-0.15, -0.1) is 0 Å². The van der Waals surface area contributed by atoms with Crippen LogP contribution in [0.1, 0.15) is 47.2 Å². The van der Waals surface area contributed by atoms with Crippen LogP contribution in [0, 0.1) is 0 Å². The first-order valence-corrected chi connectivity index (χ1v) is 22.1. The Labute approximate surface area is 370 Å². The van der Waals surface area contributed by atoms with E-state index in [0.29, 0.717) is 0 Å². The Morgan fingerprint density at radius 3 is 1.52 bits per heavy atom. The molecule has 1 heteroatoms. The first-order valence-electron chi connectivity index (χ1n) is 22.1. The molecule has 63 heavy (non-hydrogen) atoms. The third kappa shape index (κ3) is 5.70. The van der Waals surface area contributed by atoms with Crippen LogP contribution in [0.15, 0.2) is 237 Å². The monoisotopic (exact) mass is 803 g/mol. The molecule has 2 aliphatic rings. The lowest BCUT2D eigenvalue weighted by Crippen LogP contribution is -2.28. The third-order valence-corrected chi connectivity index (χ3v) is 13.9. The molecule has 0 heterocycles. The van der Waals surface area contributed by atoms with Crippen LogP contribution in [0.4, 0.5) is 17.1 Å². The highest BCUT2D eigenvalue weighted by Crippen LogP contribution is 2.58. The lowest BCUT2D eigenvalue weighted by molar-refractivity contribution is 0.660. The van der Waals surface area contributed by atoms with Crippen LogP contribution in [-0.4, -0.2) is 0 Å². The molecule has 298 valence electrons. The summed E-state index contributed by atoms with van der Waals surface area (Å²) < 4.78 is 0. The summed E-state index contributed by atoms with van der Waals surface area (Å²) in [5.74, 6) is 0. The molecule has 0 N–H and O–H groups in total. The predicted octanol–water partition coefficient (Wildman–Crippen LogP) is 16.3. The van der Waals surface area contributed by atoms with Crippen molar-refractivity contribution in [2.24, 2.45) is 0 Å². The smallest absolute Gasteiger partial charge is 0.0714 e. The van der Waals surface area contributed by atoms with Gasteiger partial charge in [-0.2, -0.15) is 0 Å². The number of anilines is 3. The van der Waals surface area contributed by atoms with E-state index in [1.54, 1.807) is 0 Å². The van der Waals surface area contributed by atoms with Crippen LogP contribution in [0.5, 0.6) is 0 Å². The van der Waals surface area contributed by atoms with Crippen molar-refractivity contribution in [2.75, 3.05) is 4.90 Å². The molecular weight excluding hydrogens is 759 g/mol. The summed E-state index contributed by atoms with van der Waals surface area (Å²) in [5.41, 5.74) is 20.5. The lowest BCUT2D eigenvalue weighted by atomic mass is 9.67. The van der Waals surface area contributed by atoms with E-state index in [2.05, 4.69) is 255 Å². The van der Waals surface area contributed by atoms with Crippen LogP contribution in [0.2, 0.25) is 0 Å². The Morgan fingerprint density at radius 1 is 0.302 bits per heavy atom. The minimum atomic E-state index is -0.509. The molecule has 0 atom stereocenters. The minimum absolute atomic E-state index is 0.228. The van der Waals surface area contributed by atoms with E-state index in [1.165, 1.54) is 88.7 Å². The van der Waals surface area contributed by atoms with E-state index in [0.717, 1.165) is 17.1 Å². The van der Waals surface area contributed by atoms with Crippen molar-refractivity contribution in [2.45, 2.75) is 24.7 Å². The second-order valence-electron chi connectivity index (χ2n) is 17.7. The number of hydrogen-bond donors (Lipinski definition) is 0. The lowest BCUT2D eigenvalue weighted by Gasteiger charge is -2.35. The Kier molecular flexibility index (Phi) is 8.49. The van der Waals surface area contributed by atoms with Gasteiger partial charge >= 0.3 is 0 Å². The van der Waals surface area contributed by atoms with Crippen molar-refractivity contribution in [1.82, 2.24) is 0 Å². The molecule has 0 amide bonds. The van der Waals surface area contributed by atoms with E-state index in [-0.39, 0.29) is 5.41 Å². The first-order chi connectivity index (χ1) is 31.0. The maximum atomic E-state index is 2.48. The molecule has 0 unspecified atom stereocenters. The van der Waals surface area contributed by atoms with E-state index in [1.807, 2.05) is 0 Å². The van der Waals surface area contributed by atoms with Crippen LogP contribution in [0.25, 0.3) is 55.3 Å². The van der Waals surface area contributed by atoms with Crippen molar-refractivity contribution in [3.8, 4) is 44.5 Å². The standard InChI is InChI=1S/C62H45N/c1-61(2)58-39-45(52-30-17-21-43-20-12-13-28-51(43)52)32-35-54(58)55-36-33-49(40-59(55)61)63(48-27-16-22-44(38-48)42-18-6-3-7-19-42)50-34-37-56-53-29-14-15-31-57(53)62(60(56)41-50,46-23-8-4-9-24-46)47-25-10-5-11-26-47/h3-41H,1-2H3. The van der Waals surface area contributed by atoms with Gasteiger partial charge in [0.25, 0.3) is 0 Å². The number of hydrogen-bond acceptors (Lipinski definition) is 1. The zero-order chi connectivity index (χ0) is 42.1. The van der Waals surface area contributed by atoms with Crippen LogP contribution in [0.3, 0.4) is 0 Å². The molecule has 0 aromatic heterocycles. The molecule has 1 nitrogen and oxygen atoms in total. The summed E-state index contributed by atoms with van der Waals surface area (Å²) in [6.07, 6.45) is 0. The molecule has 0 saturated heterocycles. The number of fused-ring (bicyclic) bond motifs is 7. The fraction of sp³-hybridized carbons (Fsp3) is 0.0645. The molecule has 10 aromatic carbocycles. The normalized spacial score (nSPS) is 13.8. The predicted molar refractivity (Wildman–Crippen MR) is 264 cm³/mol. The van der Waals surface area contributed by atoms with Crippen molar-refractivity contribution >= 4 is 27.8 Å². The van der Waals surface area contributed by atoms with E-state index in [9.17, 15) is 0 Å². The van der Waals surface area contributed by atoms with Gasteiger partial charge in [-0.3, -0.25) is 0 Å². The summed E-state index contributed by atoms with van der Waals surface area (Å²) in [6, 6.07) is 87.8. The zero-order valence-electron chi connectivity index (χ0n) is 35.5. The average molecular weight is 804 g/mol. The van der Waals surface area contributed by atoms with Crippen molar-refractivity contribution in [3.05, 3.63) is 270 Å². The Morgan fingerprint density at radius 2 is 0.794 bits per heavy atom. The fourth-order valence-electron chi connectivity index (χ4n) is 11.0. The highest BCUT2D eigenvalue weighted by Gasteiger charge is 2.46. The molecule has 2 aliphatic carbocycles. The Hall–Kier alpha value is -7.74. The number of rotatable bonds is 7. The first kappa shape index (κ1) is 37.1. The van der Waals surface area contributed by atoms with Gasteiger partial charge in [0.2, 0.25) is 0 Å². The van der Waals surface area contributed by atoms with Gasteiger partial charge in [0, 0.05) is 22.5 Å². The highest BCUT2D eigenvalue weighted by molar-refractivity contribution is 5.98. The second-order valence-corrected chi connectivity index (χ2v) is 17.7. The van der Waals surface area contributed by atoms with Crippen LogP contribution >= 0.6 is 0 Å². The maximum Gasteiger partial charge on any atom is 0.0714 e. The molecular formula is C62H45N. The van der Waals surface area contributed by atoms with Crippen LogP contribution < -0.4 is 4.90 Å². The minimum Gasteiger partial charge on any atom is -0.310 e. The second kappa shape index (κ2) is 14.4. The van der Waals surface area contributed by atoms with Crippen LogP contribution in [-0.2, 0) is 10.8 Å². The summed E-state index contributed by atoms with van der Waals surface area (Å²) in [5, 5.41) is 2.55. The van der Waals surface area contributed by atoms with Gasteiger partial charge in [-0.1, -0.05) is 208 Å². The Balaban J connectivity index is 1.06. The quantitative estimate of drug-likeness (QED) is 0.155. The average Bonchev–Trinajstić information content (AvgIpc) is 3.77. The molecule has 10 aromatic rings. The molecule has 12 rings (SSSR count). The Bertz CT molecular complexity index is 3320. The summed E-state index contributed by atoms with van der Waals surface area (Å²) >= 11 is 0. The van der Waals surface area contributed by atoms with Gasteiger partial charge in [-0.05, 0) is 131 Å². The summed E-state index contributed by atoms with van der Waals surface area (Å²) in [4.78, 5) is 2.48. The van der Waals surface area contributed by atoms with Gasteiger partial charge in [-0.25, -0.2) is 0 Å². The number of benzene rings is 10.